The molecule has 0 aliphatic carbocycles. The molecule has 304 valence electrons. The van der Waals surface area contributed by atoms with Crippen molar-refractivity contribution in [2.24, 2.45) is 22.2 Å². The summed E-state index contributed by atoms with van der Waals surface area (Å²) >= 11 is 0. The molecule has 0 aromatic heterocycles. The third-order valence-corrected chi connectivity index (χ3v) is 10.1. The van der Waals surface area contributed by atoms with Crippen molar-refractivity contribution in [1.82, 2.24) is 0 Å². The topological polar surface area (TPSA) is 184 Å². The number of hydrogen-bond acceptors (Lipinski definition) is 14. The normalized spacial score (nSPS) is 22.9. The zero-order valence-corrected chi connectivity index (χ0v) is 34.1. The number of esters is 7. The summed E-state index contributed by atoms with van der Waals surface area (Å²) in [6.45, 7) is 23.9. The van der Waals surface area contributed by atoms with Crippen LogP contribution in [-0.2, 0) is 66.7 Å². The molecule has 3 atom stereocenters. The van der Waals surface area contributed by atoms with E-state index in [-0.39, 0.29) is 73.3 Å². The first kappa shape index (κ1) is 47.3. The van der Waals surface area contributed by atoms with Crippen molar-refractivity contribution in [1.29, 1.82) is 0 Å². The summed E-state index contributed by atoms with van der Waals surface area (Å²) in [4.78, 5) is 78.5. The molecule has 0 amide bonds. The lowest BCUT2D eigenvalue weighted by atomic mass is 9.87. The molecule has 0 spiro atoms. The molecule has 0 saturated carbocycles. The van der Waals surface area contributed by atoms with E-state index >= 15 is 0 Å². The molecule has 4 heterocycles. The first-order valence-electron chi connectivity index (χ1n) is 18.6. The van der Waals surface area contributed by atoms with Gasteiger partial charge in [0.25, 0.3) is 0 Å². The van der Waals surface area contributed by atoms with Crippen molar-refractivity contribution in [3.63, 3.8) is 0 Å². The van der Waals surface area contributed by atoms with Crippen LogP contribution in [0.4, 0.5) is 0 Å². The minimum atomic E-state index is -0.696. The lowest BCUT2D eigenvalue weighted by Gasteiger charge is -2.35. The minimum absolute atomic E-state index is 0.0463. The highest BCUT2D eigenvalue weighted by atomic mass is 16.6. The molecule has 4 saturated heterocycles. The lowest BCUT2D eigenvalue weighted by Crippen LogP contribution is -2.43. The van der Waals surface area contributed by atoms with Gasteiger partial charge in [-0.1, -0.05) is 20.8 Å². The Morgan fingerprint density at radius 1 is 0.660 bits per heavy atom. The monoisotopic (exact) mass is 756 g/mol. The maximum Gasteiger partial charge on any atom is 0.312 e. The molecule has 0 bridgehead atoms. The van der Waals surface area contributed by atoms with E-state index in [4.69, 9.17) is 28.4 Å². The number of carbonyl (C=O) groups is 7. The molecule has 14 nitrogen and oxygen atoms in total. The van der Waals surface area contributed by atoms with E-state index in [1.807, 2.05) is 76.2 Å². The van der Waals surface area contributed by atoms with Gasteiger partial charge in [0.05, 0.1) is 55.3 Å². The average Bonchev–Trinajstić information content (AvgIpc) is 3.84. The van der Waals surface area contributed by atoms with Crippen LogP contribution in [0, 0.1) is 22.2 Å². The molecule has 0 aromatic rings. The fraction of sp³-hybridized carbons (Fsp3) is 0.821. The van der Waals surface area contributed by atoms with Gasteiger partial charge in [0.1, 0.15) is 23.9 Å². The molecule has 14 heteroatoms. The summed E-state index contributed by atoms with van der Waals surface area (Å²) < 4.78 is 35.1. The SMILES string of the molecule is CCC(C)(C)C(=O)OC(C)(C)C1COC(=O)C1.CCC(C)(C)C(=O)OC1(C)CCOC(=O)C1.CCC(C)(C)C(=O)OC1COC(=O)C1.O=C1CCCO1. The molecule has 0 N–H and O–H groups in total. The summed E-state index contributed by atoms with van der Waals surface area (Å²) in [7, 11) is 0. The highest BCUT2D eigenvalue weighted by molar-refractivity contribution is 5.79. The fourth-order valence-electron chi connectivity index (χ4n) is 4.48. The summed E-state index contributed by atoms with van der Waals surface area (Å²) in [5, 5.41) is 0. The molecule has 53 heavy (non-hydrogen) atoms. The summed E-state index contributed by atoms with van der Waals surface area (Å²) in [6.07, 6.45) is 4.54. The molecule has 0 aromatic carbocycles. The van der Waals surface area contributed by atoms with Crippen LogP contribution in [0.15, 0.2) is 0 Å². The van der Waals surface area contributed by atoms with E-state index in [1.165, 1.54) is 0 Å². The van der Waals surface area contributed by atoms with E-state index in [9.17, 15) is 33.6 Å². The number of cyclic esters (lactones) is 4. The van der Waals surface area contributed by atoms with Gasteiger partial charge in [-0.3, -0.25) is 33.6 Å². The van der Waals surface area contributed by atoms with Crippen molar-refractivity contribution in [3.05, 3.63) is 0 Å². The maximum atomic E-state index is 12.0. The van der Waals surface area contributed by atoms with E-state index in [1.54, 1.807) is 6.92 Å². The van der Waals surface area contributed by atoms with Crippen LogP contribution >= 0.6 is 0 Å². The van der Waals surface area contributed by atoms with E-state index in [0.717, 1.165) is 12.8 Å². The summed E-state index contributed by atoms with van der Waals surface area (Å²) in [5.41, 5.74) is -2.81. The zero-order valence-electron chi connectivity index (χ0n) is 34.1. The van der Waals surface area contributed by atoms with Crippen LogP contribution < -0.4 is 0 Å². The molecule has 4 aliphatic heterocycles. The molecule has 4 rings (SSSR count). The van der Waals surface area contributed by atoms with Gasteiger partial charge in [0, 0.05) is 18.8 Å². The van der Waals surface area contributed by atoms with E-state index in [0.29, 0.717) is 51.9 Å². The highest BCUT2D eigenvalue weighted by Gasteiger charge is 2.43. The van der Waals surface area contributed by atoms with E-state index in [2.05, 4.69) is 4.74 Å². The largest absolute Gasteiger partial charge is 0.466 e. The Hall–Kier alpha value is -3.71. The van der Waals surface area contributed by atoms with Crippen molar-refractivity contribution in [2.45, 2.75) is 158 Å². The Kier molecular flexibility index (Phi) is 17.9. The van der Waals surface area contributed by atoms with Crippen molar-refractivity contribution in [2.75, 3.05) is 26.4 Å². The molecular formula is C39H64O14. The Bertz CT molecular complexity index is 1290. The van der Waals surface area contributed by atoms with Crippen LogP contribution in [0.25, 0.3) is 0 Å². The molecule has 4 aliphatic rings. The first-order chi connectivity index (χ1) is 24.3. The number of hydrogen-bond donors (Lipinski definition) is 0. The number of carbonyl (C=O) groups excluding carboxylic acids is 7. The molecule has 0 radical (unpaired) electrons. The van der Waals surface area contributed by atoms with Crippen LogP contribution in [0.5, 0.6) is 0 Å². The predicted molar refractivity (Wildman–Crippen MR) is 192 cm³/mol. The second-order valence-corrected chi connectivity index (χ2v) is 16.5. The molecule has 3 unspecified atom stereocenters. The Balaban J connectivity index is 0.000000369. The summed E-state index contributed by atoms with van der Waals surface area (Å²) in [6, 6.07) is 0. The van der Waals surface area contributed by atoms with Gasteiger partial charge >= 0.3 is 41.8 Å². The van der Waals surface area contributed by atoms with Gasteiger partial charge in [-0.05, 0) is 88.0 Å². The standard InChI is InChI=1S/C13H22O4.C12H20O4.C10H16O4.C4H6O2/c1-6-12(2,3)11(15)17-13(4,5)9-7-10(14)16-8-9;1-5-11(2,3)10(14)16-12(4)6-7-15-9(13)8-12;1-4-10(2,3)9(12)14-7-5-8(11)13-6-7;5-4-2-1-3-6-4/h9H,6-8H2,1-5H3;5-8H2,1-4H3;7H,4-6H2,1-3H3;1-3H2. The van der Waals surface area contributed by atoms with Gasteiger partial charge in [0.2, 0.25) is 0 Å². The quantitative estimate of drug-likeness (QED) is 0.187. The van der Waals surface area contributed by atoms with Gasteiger partial charge in [-0.15, -0.1) is 0 Å². The first-order valence-corrected chi connectivity index (χ1v) is 18.6. The average molecular weight is 757 g/mol. The van der Waals surface area contributed by atoms with Crippen molar-refractivity contribution < 1.29 is 66.7 Å². The van der Waals surface area contributed by atoms with E-state index < -0.39 is 27.4 Å². The number of rotatable bonds is 10. The highest BCUT2D eigenvalue weighted by Crippen LogP contribution is 2.33. The van der Waals surface area contributed by atoms with Crippen LogP contribution in [0.3, 0.4) is 0 Å². The van der Waals surface area contributed by atoms with Crippen LogP contribution in [0.1, 0.15) is 141 Å². The molecule has 4 fully saturated rings. The van der Waals surface area contributed by atoms with Crippen LogP contribution in [-0.4, -0.2) is 85.5 Å². The lowest BCUT2D eigenvalue weighted by molar-refractivity contribution is -0.182. The van der Waals surface area contributed by atoms with Gasteiger partial charge in [-0.2, -0.15) is 0 Å². The molecular weight excluding hydrogens is 692 g/mol. The third kappa shape index (κ3) is 16.1. The summed E-state index contributed by atoms with van der Waals surface area (Å²) in [5.74, 6) is -1.62. The Labute approximate surface area is 315 Å². The van der Waals surface area contributed by atoms with Gasteiger partial charge in [-0.25, -0.2) is 0 Å². The van der Waals surface area contributed by atoms with Crippen LogP contribution in [0.2, 0.25) is 0 Å². The zero-order chi connectivity index (χ0) is 40.8. The second-order valence-electron chi connectivity index (χ2n) is 16.5. The van der Waals surface area contributed by atoms with Gasteiger partial charge in [0.15, 0.2) is 0 Å². The predicted octanol–water partition coefficient (Wildman–Crippen LogP) is 5.97. The maximum absolute atomic E-state index is 12.0. The van der Waals surface area contributed by atoms with Gasteiger partial charge < -0.3 is 33.2 Å². The third-order valence-electron chi connectivity index (χ3n) is 10.1. The Morgan fingerprint density at radius 3 is 1.58 bits per heavy atom. The second kappa shape index (κ2) is 20.1. The number of ether oxygens (including phenoxy) is 7. The fourth-order valence-corrected chi connectivity index (χ4v) is 4.48. The van der Waals surface area contributed by atoms with Crippen molar-refractivity contribution >= 4 is 41.8 Å². The van der Waals surface area contributed by atoms with Crippen molar-refractivity contribution in [3.8, 4) is 0 Å². The minimum Gasteiger partial charge on any atom is -0.466 e. The Morgan fingerprint density at radius 2 is 1.17 bits per heavy atom. The smallest absolute Gasteiger partial charge is 0.312 e.